The highest BCUT2D eigenvalue weighted by atomic mass is 35.5. The molecule has 2 aliphatic rings. The second-order valence-electron chi connectivity index (χ2n) is 7.62. The van der Waals surface area contributed by atoms with Crippen molar-refractivity contribution in [3.63, 3.8) is 0 Å². The molecule has 0 saturated carbocycles. The lowest BCUT2D eigenvalue weighted by Crippen LogP contribution is -2.46. The van der Waals surface area contributed by atoms with Crippen LogP contribution in [-0.2, 0) is 12.8 Å². The Hall–Kier alpha value is -1.49. The summed E-state index contributed by atoms with van der Waals surface area (Å²) in [7, 11) is 0. The third-order valence-corrected chi connectivity index (χ3v) is 5.77. The number of rotatable bonds is 7. The molecule has 160 valence electrons. The van der Waals surface area contributed by atoms with Crippen molar-refractivity contribution in [1.29, 1.82) is 0 Å². The summed E-state index contributed by atoms with van der Waals surface area (Å²) in [5, 5.41) is 0. The van der Waals surface area contributed by atoms with Crippen LogP contribution in [0, 0.1) is 5.82 Å². The highest BCUT2D eigenvalue weighted by Gasteiger charge is 2.17. The van der Waals surface area contributed by atoms with Crippen molar-refractivity contribution in [2.24, 2.45) is 0 Å². The van der Waals surface area contributed by atoms with Crippen LogP contribution in [0.4, 0.5) is 10.1 Å². The monoisotopic (exact) mass is 440 g/mol. The maximum atomic E-state index is 14.1. The van der Waals surface area contributed by atoms with Crippen LogP contribution in [0.1, 0.15) is 30.4 Å². The lowest BCUT2D eigenvalue weighted by Gasteiger charge is -2.36. The van der Waals surface area contributed by atoms with E-state index in [2.05, 4.69) is 40.1 Å². The number of para-hydroxylation sites is 1. The molecule has 0 atom stereocenters. The average molecular weight is 441 g/mol. The van der Waals surface area contributed by atoms with Gasteiger partial charge in [0.05, 0.1) is 6.61 Å². The standard InChI is InChI=1S/C23H29FN2O.2ClH/c24-22-17-19-7-6-8-20(19)18-23(22)27-16-5-4-11-25-12-14-26(15-13-25)21-9-2-1-3-10-21;;/h1-3,9-10,17-18H,4-8,11-16H2;2*1H. The first-order valence-electron chi connectivity index (χ1n) is 10.3. The Morgan fingerprint density at radius 1 is 0.862 bits per heavy atom. The van der Waals surface area contributed by atoms with E-state index < -0.39 is 0 Å². The summed E-state index contributed by atoms with van der Waals surface area (Å²) in [5.41, 5.74) is 3.75. The normalized spacial score (nSPS) is 16.0. The number of aryl methyl sites for hydroxylation is 2. The molecule has 1 saturated heterocycles. The lowest BCUT2D eigenvalue weighted by molar-refractivity contribution is 0.236. The summed E-state index contributed by atoms with van der Waals surface area (Å²) in [6.07, 6.45) is 5.26. The summed E-state index contributed by atoms with van der Waals surface area (Å²) in [5.74, 6) is 0.236. The summed E-state index contributed by atoms with van der Waals surface area (Å²) >= 11 is 0. The number of nitrogens with zero attached hydrogens (tertiary/aromatic N) is 2. The first-order chi connectivity index (χ1) is 13.3. The van der Waals surface area contributed by atoms with E-state index in [4.69, 9.17) is 4.74 Å². The Morgan fingerprint density at radius 2 is 1.55 bits per heavy atom. The molecule has 2 aromatic rings. The van der Waals surface area contributed by atoms with Crippen LogP contribution in [0.15, 0.2) is 42.5 Å². The molecule has 0 amide bonds. The third-order valence-electron chi connectivity index (χ3n) is 5.77. The summed E-state index contributed by atoms with van der Waals surface area (Å²) in [6, 6.07) is 14.2. The van der Waals surface area contributed by atoms with Crippen LogP contribution in [0.25, 0.3) is 0 Å². The minimum atomic E-state index is -0.201. The Morgan fingerprint density at radius 3 is 2.28 bits per heavy atom. The van der Waals surface area contributed by atoms with Gasteiger partial charge in [-0.25, -0.2) is 4.39 Å². The molecule has 0 radical (unpaired) electrons. The van der Waals surface area contributed by atoms with Gasteiger partial charge >= 0.3 is 0 Å². The fourth-order valence-corrected chi connectivity index (χ4v) is 4.17. The van der Waals surface area contributed by atoms with Gasteiger partial charge in [0.25, 0.3) is 0 Å². The second kappa shape index (κ2) is 11.6. The van der Waals surface area contributed by atoms with Crippen LogP contribution in [-0.4, -0.2) is 44.2 Å². The molecule has 0 spiro atoms. The average Bonchev–Trinajstić information content (AvgIpc) is 3.16. The third kappa shape index (κ3) is 6.24. The van der Waals surface area contributed by atoms with Gasteiger partial charge in [-0.3, -0.25) is 4.90 Å². The van der Waals surface area contributed by atoms with E-state index >= 15 is 0 Å². The van der Waals surface area contributed by atoms with Crippen LogP contribution in [0.3, 0.4) is 0 Å². The largest absolute Gasteiger partial charge is 0.491 e. The van der Waals surface area contributed by atoms with Crippen molar-refractivity contribution >= 4 is 30.5 Å². The highest BCUT2D eigenvalue weighted by molar-refractivity contribution is 5.85. The van der Waals surface area contributed by atoms with Crippen molar-refractivity contribution in [2.45, 2.75) is 32.1 Å². The van der Waals surface area contributed by atoms with Gasteiger partial charge in [-0.05, 0) is 74.0 Å². The molecule has 6 heteroatoms. The fraction of sp³-hybridized carbons (Fsp3) is 0.478. The van der Waals surface area contributed by atoms with Crippen molar-refractivity contribution in [3.8, 4) is 5.75 Å². The van der Waals surface area contributed by atoms with E-state index in [0.29, 0.717) is 12.4 Å². The molecule has 2 aromatic carbocycles. The van der Waals surface area contributed by atoms with E-state index in [0.717, 1.165) is 70.4 Å². The Labute approximate surface area is 186 Å². The molecule has 1 heterocycles. The zero-order valence-electron chi connectivity index (χ0n) is 16.8. The SMILES string of the molecule is Cl.Cl.Fc1cc2c(cc1OCCCCN1CCN(c3ccccc3)CC1)CCC2. The van der Waals surface area contributed by atoms with Gasteiger partial charge in [0.1, 0.15) is 0 Å². The molecule has 1 aliphatic carbocycles. The minimum Gasteiger partial charge on any atom is -0.491 e. The van der Waals surface area contributed by atoms with Crippen LogP contribution < -0.4 is 9.64 Å². The maximum Gasteiger partial charge on any atom is 0.165 e. The topological polar surface area (TPSA) is 15.7 Å². The Bertz CT molecular complexity index is 752. The van der Waals surface area contributed by atoms with Gasteiger partial charge in [0.15, 0.2) is 11.6 Å². The molecule has 0 bridgehead atoms. The van der Waals surface area contributed by atoms with Crippen LogP contribution >= 0.6 is 24.8 Å². The van der Waals surface area contributed by atoms with Crippen LogP contribution in [0.2, 0.25) is 0 Å². The van der Waals surface area contributed by atoms with Gasteiger partial charge in [-0.2, -0.15) is 0 Å². The fourth-order valence-electron chi connectivity index (χ4n) is 4.17. The zero-order valence-corrected chi connectivity index (χ0v) is 18.4. The van der Waals surface area contributed by atoms with E-state index in [1.807, 2.05) is 6.07 Å². The van der Waals surface area contributed by atoms with Gasteiger partial charge in [-0.15, -0.1) is 24.8 Å². The number of benzene rings is 2. The predicted octanol–water partition coefficient (Wildman–Crippen LogP) is 5.14. The van der Waals surface area contributed by atoms with Crippen molar-refractivity contribution in [1.82, 2.24) is 4.90 Å². The van der Waals surface area contributed by atoms with E-state index in [-0.39, 0.29) is 30.6 Å². The van der Waals surface area contributed by atoms with Gasteiger partial charge in [0, 0.05) is 31.9 Å². The molecule has 1 aliphatic heterocycles. The first-order valence-corrected chi connectivity index (χ1v) is 10.3. The van der Waals surface area contributed by atoms with Gasteiger partial charge in [0.2, 0.25) is 0 Å². The molecule has 29 heavy (non-hydrogen) atoms. The van der Waals surface area contributed by atoms with Crippen molar-refractivity contribution < 1.29 is 9.13 Å². The molecule has 0 N–H and O–H groups in total. The van der Waals surface area contributed by atoms with Gasteiger partial charge in [-0.1, -0.05) is 18.2 Å². The summed E-state index contributed by atoms with van der Waals surface area (Å²) in [6.45, 7) is 6.07. The number of hydrogen-bond acceptors (Lipinski definition) is 3. The highest BCUT2D eigenvalue weighted by Crippen LogP contribution is 2.29. The zero-order chi connectivity index (χ0) is 18.5. The summed E-state index contributed by atoms with van der Waals surface area (Å²) < 4.78 is 19.8. The molecule has 0 unspecified atom stereocenters. The minimum absolute atomic E-state index is 0. The molecular weight excluding hydrogens is 410 g/mol. The van der Waals surface area contributed by atoms with Gasteiger partial charge < -0.3 is 9.64 Å². The number of anilines is 1. The van der Waals surface area contributed by atoms with E-state index in [1.54, 1.807) is 6.07 Å². The smallest absolute Gasteiger partial charge is 0.165 e. The first kappa shape index (κ1) is 23.8. The predicted molar refractivity (Wildman–Crippen MR) is 123 cm³/mol. The second-order valence-corrected chi connectivity index (χ2v) is 7.62. The number of fused-ring (bicyclic) bond motifs is 1. The maximum absolute atomic E-state index is 14.1. The van der Waals surface area contributed by atoms with Crippen molar-refractivity contribution in [2.75, 3.05) is 44.2 Å². The molecular formula is C23H31Cl2FN2O. The number of hydrogen-bond donors (Lipinski definition) is 0. The lowest BCUT2D eigenvalue weighted by atomic mass is 10.1. The Balaban J connectivity index is 0.00000150. The quantitative estimate of drug-likeness (QED) is 0.554. The molecule has 4 rings (SSSR count). The van der Waals surface area contributed by atoms with E-state index in [9.17, 15) is 4.39 Å². The number of ether oxygens (including phenoxy) is 1. The molecule has 1 fully saturated rings. The number of halogens is 3. The Kier molecular flexibility index (Phi) is 9.54. The number of piperazine rings is 1. The summed E-state index contributed by atoms with van der Waals surface area (Å²) in [4.78, 5) is 4.98. The van der Waals surface area contributed by atoms with Crippen molar-refractivity contribution in [3.05, 3.63) is 59.4 Å². The molecule has 0 aromatic heterocycles. The van der Waals surface area contributed by atoms with Crippen LogP contribution in [0.5, 0.6) is 5.75 Å². The number of unbranched alkanes of at least 4 members (excludes halogenated alkanes) is 1. The molecule has 3 nitrogen and oxygen atoms in total. The van der Waals surface area contributed by atoms with E-state index in [1.165, 1.54) is 11.3 Å².